The number of benzene rings is 2. The van der Waals surface area contributed by atoms with Crippen molar-refractivity contribution in [3.05, 3.63) is 72.6 Å². The first kappa shape index (κ1) is 23.0. The molecule has 0 saturated carbocycles. The van der Waals surface area contributed by atoms with Gasteiger partial charge >= 0.3 is 10.2 Å². The number of nitrogens with zero attached hydrogens (tertiary/aromatic N) is 2. The van der Waals surface area contributed by atoms with Gasteiger partial charge in [-0.1, -0.05) is 30.3 Å². The molecular formula is C20H23FN4O4S. The number of hydrogen-bond acceptors (Lipinski definition) is 4. The van der Waals surface area contributed by atoms with Gasteiger partial charge in [0.05, 0.1) is 16.9 Å². The Labute approximate surface area is 175 Å². The molecule has 0 atom stereocenters. The second-order valence-corrected chi connectivity index (χ2v) is 8.41. The van der Waals surface area contributed by atoms with Gasteiger partial charge < -0.3 is 10.6 Å². The zero-order valence-corrected chi connectivity index (χ0v) is 17.4. The lowest BCUT2D eigenvalue weighted by Crippen LogP contribution is -2.44. The molecule has 2 aromatic carbocycles. The van der Waals surface area contributed by atoms with Gasteiger partial charge in [0, 0.05) is 20.6 Å². The molecule has 160 valence electrons. The Bertz CT molecular complexity index is 1040. The highest BCUT2D eigenvalue weighted by Crippen LogP contribution is 2.23. The van der Waals surface area contributed by atoms with Crippen LogP contribution in [0.5, 0.6) is 0 Å². The van der Waals surface area contributed by atoms with Crippen molar-refractivity contribution in [1.29, 1.82) is 0 Å². The summed E-state index contributed by atoms with van der Waals surface area (Å²) in [4.78, 5) is 24.9. The number of halogens is 1. The van der Waals surface area contributed by atoms with E-state index in [9.17, 15) is 22.4 Å². The maximum Gasteiger partial charge on any atom is 0.304 e. The first-order valence-electron chi connectivity index (χ1n) is 8.91. The van der Waals surface area contributed by atoms with E-state index in [1.165, 1.54) is 50.5 Å². The summed E-state index contributed by atoms with van der Waals surface area (Å²) < 4.78 is 41.2. The van der Waals surface area contributed by atoms with Gasteiger partial charge in [-0.05, 0) is 24.3 Å². The molecule has 8 nitrogen and oxygen atoms in total. The molecule has 2 aromatic rings. The second kappa shape index (κ2) is 9.99. The fourth-order valence-electron chi connectivity index (χ4n) is 2.51. The van der Waals surface area contributed by atoms with Gasteiger partial charge in [-0.15, -0.1) is 6.58 Å². The Balaban J connectivity index is 2.31. The Morgan fingerprint density at radius 1 is 1.10 bits per heavy atom. The number of amides is 2. The Morgan fingerprint density at radius 2 is 1.73 bits per heavy atom. The van der Waals surface area contributed by atoms with E-state index in [1.807, 2.05) is 0 Å². The largest absolute Gasteiger partial charge is 0.349 e. The fourth-order valence-corrected chi connectivity index (χ4v) is 3.58. The van der Waals surface area contributed by atoms with Crippen molar-refractivity contribution in [2.45, 2.75) is 0 Å². The molecule has 0 heterocycles. The summed E-state index contributed by atoms with van der Waals surface area (Å²) in [7, 11) is -1.61. The van der Waals surface area contributed by atoms with Crippen LogP contribution in [0.1, 0.15) is 10.4 Å². The molecule has 10 heteroatoms. The minimum atomic E-state index is -4.16. The van der Waals surface area contributed by atoms with E-state index in [1.54, 1.807) is 12.1 Å². The van der Waals surface area contributed by atoms with Crippen molar-refractivity contribution in [2.24, 2.45) is 0 Å². The summed E-state index contributed by atoms with van der Waals surface area (Å²) in [5, 5.41) is 5.13. The summed E-state index contributed by atoms with van der Waals surface area (Å²) in [5.41, 5.74) is 0.124. The molecule has 0 bridgehead atoms. The van der Waals surface area contributed by atoms with E-state index >= 15 is 0 Å². The molecule has 0 radical (unpaired) electrons. The number of para-hydroxylation sites is 2. The van der Waals surface area contributed by atoms with Crippen LogP contribution in [0.4, 0.5) is 15.8 Å². The lowest BCUT2D eigenvalue weighted by Gasteiger charge is -2.27. The Morgan fingerprint density at radius 3 is 2.37 bits per heavy atom. The number of carbonyl (C=O) groups excluding carboxylic acids is 2. The van der Waals surface area contributed by atoms with Crippen molar-refractivity contribution in [1.82, 2.24) is 9.62 Å². The molecule has 0 fully saturated rings. The lowest BCUT2D eigenvalue weighted by molar-refractivity contribution is -0.114. The molecule has 0 aromatic heterocycles. The standard InChI is InChI=1S/C20H23FN4O4S/c1-4-13-22-20(27)15-9-5-7-11-17(15)23-19(26)14-25(30(28,29)24(2)3)18-12-8-6-10-16(18)21/h4-12H,1,13-14H2,2-3H3,(H,22,27)(H,23,26). The van der Waals surface area contributed by atoms with E-state index < -0.39 is 34.4 Å². The topological polar surface area (TPSA) is 98.8 Å². The normalized spacial score (nSPS) is 11.1. The van der Waals surface area contributed by atoms with Gasteiger partial charge in [-0.25, -0.2) is 8.70 Å². The van der Waals surface area contributed by atoms with E-state index in [0.29, 0.717) is 4.31 Å². The molecule has 0 unspecified atom stereocenters. The van der Waals surface area contributed by atoms with Crippen LogP contribution in [0.15, 0.2) is 61.2 Å². The summed E-state index contributed by atoms with van der Waals surface area (Å²) >= 11 is 0. The predicted molar refractivity (Wildman–Crippen MR) is 114 cm³/mol. The van der Waals surface area contributed by atoms with Crippen LogP contribution in [0, 0.1) is 5.82 Å². The summed E-state index contributed by atoms with van der Waals surface area (Å²) in [6, 6.07) is 11.5. The van der Waals surface area contributed by atoms with Crippen LogP contribution in [-0.2, 0) is 15.0 Å². The van der Waals surface area contributed by atoms with E-state index in [0.717, 1.165) is 10.4 Å². The molecule has 0 aliphatic rings. The lowest BCUT2D eigenvalue weighted by atomic mass is 10.1. The van der Waals surface area contributed by atoms with Crippen LogP contribution < -0.4 is 14.9 Å². The molecule has 30 heavy (non-hydrogen) atoms. The van der Waals surface area contributed by atoms with Gasteiger partial charge in [0.1, 0.15) is 12.4 Å². The van der Waals surface area contributed by atoms with Crippen LogP contribution in [0.2, 0.25) is 0 Å². The highest BCUT2D eigenvalue weighted by Gasteiger charge is 2.29. The Hall–Kier alpha value is -3.24. The fraction of sp³-hybridized carbons (Fsp3) is 0.200. The highest BCUT2D eigenvalue weighted by molar-refractivity contribution is 7.90. The molecule has 2 amide bonds. The average Bonchev–Trinajstić information content (AvgIpc) is 2.71. The maximum atomic E-state index is 14.3. The van der Waals surface area contributed by atoms with Crippen molar-refractivity contribution in [3.63, 3.8) is 0 Å². The first-order valence-corrected chi connectivity index (χ1v) is 10.3. The highest BCUT2D eigenvalue weighted by atomic mass is 32.2. The zero-order valence-electron chi connectivity index (χ0n) is 16.6. The smallest absolute Gasteiger partial charge is 0.304 e. The molecular weight excluding hydrogens is 411 g/mol. The number of carbonyl (C=O) groups is 2. The third kappa shape index (κ3) is 5.43. The van der Waals surface area contributed by atoms with Crippen molar-refractivity contribution in [3.8, 4) is 0 Å². The van der Waals surface area contributed by atoms with Gasteiger partial charge in [0.25, 0.3) is 5.91 Å². The summed E-state index contributed by atoms with van der Waals surface area (Å²) in [5.74, 6) is -1.97. The minimum absolute atomic E-state index is 0.194. The average molecular weight is 434 g/mol. The van der Waals surface area contributed by atoms with Crippen LogP contribution in [0.3, 0.4) is 0 Å². The number of hydrogen-bond donors (Lipinski definition) is 2. The van der Waals surface area contributed by atoms with Gasteiger partial charge in [-0.3, -0.25) is 9.59 Å². The van der Waals surface area contributed by atoms with Gasteiger partial charge in [0.15, 0.2) is 0 Å². The van der Waals surface area contributed by atoms with Gasteiger partial charge in [-0.2, -0.15) is 12.7 Å². The monoisotopic (exact) mass is 434 g/mol. The number of rotatable bonds is 9. The van der Waals surface area contributed by atoms with Crippen molar-refractivity contribution in [2.75, 3.05) is 36.8 Å². The van der Waals surface area contributed by atoms with Crippen molar-refractivity contribution >= 4 is 33.4 Å². The van der Waals surface area contributed by atoms with Crippen LogP contribution in [-0.4, -0.2) is 51.7 Å². The van der Waals surface area contributed by atoms with Crippen molar-refractivity contribution < 1.29 is 22.4 Å². The quantitative estimate of drug-likeness (QED) is 0.590. The van der Waals surface area contributed by atoms with E-state index in [-0.39, 0.29) is 23.5 Å². The molecule has 2 N–H and O–H groups in total. The van der Waals surface area contributed by atoms with Gasteiger partial charge in [0.2, 0.25) is 5.91 Å². The third-order valence-electron chi connectivity index (χ3n) is 4.00. The number of nitrogens with one attached hydrogen (secondary N) is 2. The molecule has 2 rings (SSSR count). The van der Waals surface area contributed by atoms with E-state index in [4.69, 9.17) is 0 Å². The van der Waals surface area contributed by atoms with Crippen LogP contribution >= 0.6 is 0 Å². The molecule has 0 saturated heterocycles. The van der Waals surface area contributed by atoms with E-state index in [2.05, 4.69) is 17.2 Å². The minimum Gasteiger partial charge on any atom is -0.349 e. The second-order valence-electron chi connectivity index (χ2n) is 6.34. The third-order valence-corrected chi connectivity index (χ3v) is 5.81. The summed E-state index contributed by atoms with van der Waals surface area (Å²) in [6.45, 7) is 3.07. The first-order chi connectivity index (χ1) is 14.2. The van der Waals surface area contributed by atoms with Crippen LogP contribution in [0.25, 0.3) is 0 Å². The zero-order chi connectivity index (χ0) is 22.3. The molecule has 0 aliphatic heterocycles. The molecule has 0 aliphatic carbocycles. The SMILES string of the molecule is C=CCNC(=O)c1ccccc1NC(=O)CN(c1ccccc1F)S(=O)(=O)N(C)C. The molecule has 0 spiro atoms. The number of anilines is 2. The maximum absolute atomic E-state index is 14.3. The Kier molecular flexibility index (Phi) is 7.67. The summed E-state index contributed by atoms with van der Waals surface area (Å²) in [6.07, 6.45) is 1.51. The predicted octanol–water partition coefficient (Wildman–Crippen LogP) is 1.99.